The van der Waals surface area contributed by atoms with E-state index in [1.165, 1.54) is 17.0 Å². The average Bonchev–Trinajstić information content (AvgIpc) is 3.35. The summed E-state index contributed by atoms with van der Waals surface area (Å²) in [6.07, 6.45) is 3.21. The second-order valence-corrected chi connectivity index (χ2v) is 14.1. The van der Waals surface area contributed by atoms with E-state index in [-0.39, 0.29) is 37.3 Å². The molecular weight excluding hydrogens is 640 g/mol. The third-order valence-electron chi connectivity index (χ3n) is 8.08. The topological polar surface area (TPSA) is 139 Å². The number of fused-ring (bicyclic) bond motifs is 1. The normalized spacial score (nSPS) is 15.5. The molecule has 2 aromatic carbocycles. The second kappa shape index (κ2) is 14.6. The molecule has 5 rings (SSSR count). The highest BCUT2D eigenvalue weighted by Crippen LogP contribution is 2.35. The minimum atomic E-state index is -1.09. The number of halogens is 2. The molecule has 0 saturated carbocycles. The molecule has 2 amide bonds. The average molecular weight is 678 g/mol. The summed E-state index contributed by atoms with van der Waals surface area (Å²) in [6.45, 7) is 6.60. The number of nitriles is 1. The van der Waals surface area contributed by atoms with Crippen molar-refractivity contribution in [2.24, 2.45) is 5.73 Å². The number of hydrogen-bond acceptors (Lipinski definition) is 9. The van der Waals surface area contributed by atoms with Gasteiger partial charge in [-0.2, -0.15) is 5.26 Å². The van der Waals surface area contributed by atoms with Crippen molar-refractivity contribution < 1.29 is 32.6 Å². The van der Waals surface area contributed by atoms with Crippen LogP contribution in [0.5, 0.6) is 5.75 Å². The molecule has 252 valence electrons. The monoisotopic (exact) mass is 677 g/mol. The maximum absolute atomic E-state index is 14.6. The van der Waals surface area contributed by atoms with E-state index in [4.69, 9.17) is 20.5 Å². The number of benzene rings is 2. The number of pyridine rings is 1. The molecule has 10 nitrogen and oxygen atoms in total. The molecule has 13 heteroatoms. The molecule has 1 saturated heterocycles. The first-order valence-corrected chi connectivity index (χ1v) is 16.5. The van der Waals surface area contributed by atoms with E-state index in [0.29, 0.717) is 35.2 Å². The van der Waals surface area contributed by atoms with Gasteiger partial charge in [-0.3, -0.25) is 14.4 Å². The molecular formula is C35H37F2N5O5S. The number of rotatable bonds is 11. The van der Waals surface area contributed by atoms with Crippen LogP contribution >= 0.6 is 11.8 Å². The first kappa shape index (κ1) is 34.6. The number of hydrogen-bond donors (Lipinski definition) is 1. The van der Waals surface area contributed by atoms with E-state index in [1.807, 2.05) is 23.1 Å². The molecule has 2 N–H and O–H groups in total. The molecule has 3 heterocycles. The number of thioether (sulfide) groups is 1. The molecule has 1 atom stereocenters. The smallest absolute Gasteiger partial charge is 0.306 e. The number of nitrogens with zero attached hydrogens (tertiary/aromatic N) is 4. The number of aromatic nitrogens is 1. The van der Waals surface area contributed by atoms with Crippen molar-refractivity contribution in [1.29, 1.82) is 5.26 Å². The minimum absolute atomic E-state index is 0.0316. The van der Waals surface area contributed by atoms with Gasteiger partial charge in [-0.05, 0) is 70.4 Å². The summed E-state index contributed by atoms with van der Waals surface area (Å²) < 4.78 is 40.4. The van der Waals surface area contributed by atoms with Crippen LogP contribution in [0.4, 0.5) is 14.5 Å². The van der Waals surface area contributed by atoms with Crippen LogP contribution in [0.25, 0.3) is 0 Å². The van der Waals surface area contributed by atoms with Gasteiger partial charge >= 0.3 is 5.97 Å². The maximum Gasteiger partial charge on any atom is 0.306 e. The predicted octanol–water partition coefficient (Wildman–Crippen LogP) is 5.50. The highest BCUT2D eigenvalue weighted by atomic mass is 32.2. The summed E-state index contributed by atoms with van der Waals surface area (Å²) in [7, 11) is 0. The van der Waals surface area contributed by atoms with E-state index in [0.717, 1.165) is 29.5 Å². The Kier molecular flexibility index (Phi) is 10.5. The number of esters is 1. The lowest BCUT2D eigenvalue weighted by Gasteiger charge is -2.33. The Balaban J connectivity index is 1.16. The highest BCUT2D eigenvalue weighted by Gasteiger charge is 2.38. The third kappa shape index (κ3) is 8.41. The summed E-state index contributed by atoms with van der Waals surface area (Å²) in [5, 5.41) is 10.1. The minimum Gasteiger partial charge on any atom is -0.488 e. The number of ether oxygens (including phenoxy) is 2. The van der Waals surface area contributed by atoms with Gasteiger partial charge in [0.1, 0.15) is 35.6 Å². The number of carbonyl (C=O) groups is 3. The van der Waals surface area contributed by atoms with Crippen molar-refractivity contribution in [3.8, 4) is 11.8 Å². The number of primary amides is 1. The molecule has 0 aliphatic carbocycles. The van der Waals surface area contributed by atoms with E-state index >= 15 is 0 Å². The van der Waals surface area contributed by atoms with E-state index in [2.05, 4.69) is 4.98 Å². The van der Waals surface area contributed by atoms with Crippen LogP contribution in [0.3, 0.4) is 0 Å². The maximum atomic E-state index is 14.6. The summed E-state index contributed by atoms with van der Waals surface area (Å²) in [6, 6.07) is 11.5. The van der Waals surface area contributed by atoms with Gasteiger partial charge in [0, 0.05) is 48.2 Å². The zero-order chi connectivity index (χ0) is 34.6. The van der Waals surface area contributed by atoms with Gasteiger partial charge in [0.05, 0.1) is 34.5 Å². The van der Waals surface area contributed by atoms with Crippen LogP contribution in [0.1, 0.15) is 73.5 Å². The molecule has 0 unspecified atom stereocenters. The summed E-state index contributed by atoms with van der Waals surface area (Å²) in [4.78, 5) is 45.7. The Hall–Kier alpha value is -4.70. The summed E-state index contributed by atoms with van der Waals surface area (Å²) in [5.41, 5.74) is 6.96. The van der Waals surface area contributed by atoms with Crippen molar-refractivity contribution in [2.45, 2.75) is 81.5 Å². The second-order valence-electron chi connectivity index (χ2n) is 12.8. The van der Waals surface area contributed by atoms with Crippen molar-refractivity contribution >= 4 is 35.2 Å². The standard InChI is InChI=1S/C35H37F2N5O5S/c1-35(2,3)47-32(43)9-7-29(33(39)44)42-19-26-25(34(42)45)15-23(36)16-30(26)46-20-22-5-8-31(40-18-22)48-24-10-12-41(13-11-24)28-6-4-21(17-38)14-27(28)37/h4-6,8,14-16,18,24,29H,7,9-13,19-20H2,1-3H3,(H2,39,44)/t29-/m0/s1. The predicted molar refractivity (Wildman–Crippen MR) is 175 cm³/mol. The fourth-order valence-corrected chi connectivity index (χ4v) is 6.84. The van der Waals surface area contributed by atoms with Crippen molar-refractivity contribution in [2.75, 3.05) is 18.0 Å². The van der Waals surface area contributed by atoms with Crippen molar-refractivity contribution in [1.82, 2.24) is 9.88 Å². The van der Waals surface area contributed by atoms with E-state index < -0.39 is 41.1 Å². The molecule has 3 aromatic rings. The first-order chi connectivity index (χ1) is 22.8. The Morgan fingerprint density at radius 3 is 2.52 bits per heavy atom. The number of amides is 2. The number of piperidine rings is 1. The molecule has 1 fully saturated rings. The van der Waals surface area contributed by atoms with Crippen LogP contribution in [0.2, 0.25) is 0 Å². The lowest BCUT2D eigenvalue weighted by molar-refractivity contribution is -0.155. The van der Waals surface area contributed by atoms with Crippen molar-refractivity contribution in [3.63, 3.8) is 0 Å². The Bertz CT molecular complexity index is 1730. The number of anilines is 1. The van der Waals surface area contributed by atoms with Gasteiger partial charge in [0.2, 0.25) is 5.91 Å². The van der Waals surface area contributed by atoms with Gasteiger partial charge in [-0.1, -0.05) is 6.07 Å². The summed E-state index contributed by atoms with van der Waals surface area (Å²) in [5.74, 6) is -2.76. The third-order valence-corrected chi connectivity index (χ3v) is 9.37. The van der Waals surface area contributed by atoms with Gasteiger partial charge in [0.25, 0.3) is 5.91 Å². The van der Waals surface area contributed by atoms with Crippen LogP contribution in [-0.2, 0) is 27.5 Å². The van der Waals surface area contributed by atoms with Crippen LogP contribution in [0, 0.1) is 23.0 Å². The highest BCUT2D eigenvalue weighted by molar-refractivity contribution is 7.99. The molecule has 2 aliphatic heterocycles. The number of carbonyl (C=O) groups excluding carboxylic acids is 3. The molecule has 48 heavy (non-hydrogen) atoms. The lowest BCUT2D eigenvalue weighted by atomic mass is 10.1. The summed E-state index contributed by atoms with van der Waals surface area (Å²) >= 11 is 1.65. The Morgan fingerprint density at radius 1 is 1.15 bits per heavy atom. The van der Waals surface area contributed by atoms with Crippen molar-refractivity contribution in [3.05, 3.63) is 82.5 Å². The zero-order valence-corrected chi connectivity index (χ0v) is 27.8. The van der Waals surface area contributed by atoms with E-state index in [1.54, 1.807) is 50.9 Å². The van der Waals surface area contributed by atoms with Gasteiger partial charge in [-0.25, -0.2) is 13.8 Å². The fourth-order valence-electron chi connectivity index (χ4n) is 5.79. The van der Waals surface area contributed by atoms with Crippen LogP contribution in [0.15, 0.2) is 53.7 Å². The first-order valence-electron chi connectivity index (χ1n) is 15.6. The quantitative estimate of drug-likeness (QED) is 0.261. The van der Waals surface area contributed by atoms with Crippen LogP contribution in [-0.4, -0.2) is 57.6 Å². The Labute approximate surface area is 282 Å². The molecule has 0 spiro atoms. The van der Waals surface area contributed by atoms with Gasteiger partial charge in [-0.15, -0.1) is 11.8 Å². The van der Waals surface area contributed by atoms with Gasteiger partial charge in [0.15, 0.2) is 0 Å². The zero-order valence-electron chi connectivity index (χ0n) is 27.0. The molecule has 1 aromatic heterocycles. The van der Waals surface area contributed by atoms with Crippen LogP contribution < -0.4 is 15.4 Å². The SMILES string of the molecule is CC(C)(C)OC(=O)CC[C@@H](C(N)=O)N1Cc2c(OCc3ccc(SC4CCN(c5ccc(C#N)cc5F)CC4)nc3)cc(F)cc2C1=O. The molecule has 0 bridgehead atoms. The van der Waals surface area contributed by atoms with Gasteiger partial charge < -0.3 is 25.0 Å². The Morgan fingerprint density at radius 2 is 1.90 bits per heavy atom. The van der Waals surface area contributed by atoms with E-state index in [9.17, 15) is 23.2 Å². The largest absolute Gasteiger partial charge is 0.488 e. The fraction of sp³-hybridized carbons (Fsp3) is 0.400. The lowest BCUT2D eigenvalue weighted by Crippen LogP contribution is -2.45. The molecule has 0 radical (unpaired) electrons. The molecule has 2 aliphatic rings. The number of nitrogens with two attached hydrogens (primary N) is 1.